The molecule has 1 aliphatic rings. The first-order valence-electron chi connectivity index (χ1n) is 8.64. The summed E-state index contributed by atoms with van der Waals surface area (Å²) in [6.45, 7) is 5.68. The molecule has 0 N–H and O–H groups in total. The lowest BCUT2D eigenvalue weighted by Gasteiger charge is -2.33. The maximum Gasteiger partial charge on any atom is 0.0512 e. The number of hydrogen-bond donors (Lipinski definition) is 0. The number of piperidine rings is 1. The molecule has 0 radical (unpaired) electrons. The van der Waals surface area contributed by atoms with Crippen molar-refractivity contribution in [1.29, 1.82) is 0 Å². The van der Waals surface area contributed by atoms with Crippen LogP contribution in [0.5, 0.6) is 0 Å². The topological polar surface area (TPSA) is 8.17 Å². The van der Waals surface area contributed by atoms with Crippen LogP contribution < -0.4 is 0 Å². The van der Waals surface area contributed by atoms with Gasteiger partial charge in [0.25, 0.3) is 0 Å². The van der Waals surface area contributed by atoms with Crippen molar-refractivity contribution in [2.24, 2.45) is 0 Å². The fourth-order valence-corrected chi connectivity index (χ4v) is 3.91. The summed E-state index contributed by atoms with van der Waals surface area (Å²) in [6, 6.07) is 20.3. The van der Waals surface area contributed by atoms with E-state index in [0.717, 1.165) is 6.54 Å². The number of hydrogen-bond acceptors (Lipinski definition) is 1. The van der Waals surface area contributed by atoms with Gasteiger partial charge >= 0.3 is 0 Å². The van der Waals surface area contributed by atoms with Crippen molar-refractivity contribution >= 4 is 10.9 Å². The molecule has 1 aliphatic heterocycles. The van der Waals surface area contributed by atoms with Gasteiger partial charge in [-0.25, -0.2) is 0 Å². The Labute approximate surface area is 138 Å². The van der Waals surface area contributed by atoms with Gasteiger partial charge in [0.2, 0.25) is 0 Å². The van der Waals surface area contributed by atoms with E-state index in [-0.39, 0.29) is 0 Å². The van der Waals surface area contributed by atoms with E-state index in [4.69, 9.17) is 0 Å². The highest BCUT2D eigenvalue weighted by Crippen LogP contribution is 2.29. The Kier molecular flexibility index (Phi) is 3.92. The summed E-state index contributed by atoms with van der Waals surface area (Å²) in [5, 5.41) is 1.37. The number of benzene rings is 2. The average molecular weight is 304 g/mol. The molecule has 0 amide bonds. The van der Waals surface area contributed by atoms with Crippen molar-refractivity contribution < 1.29 is 0 Å². The van der Waals surface area contributed by atoms with Crippen LogP contribution in [0.15, 0.2) is 60.8 Å². The zero-order chi connectivity index (χ0) is 15.6. The van der Waals surface area contributed by atoms with Gasteiger partial charge in [-0.05, 0) is 42.3 Å². The molecule has 1 saturated heterocycles. The Morgan fingerprint density at radius 1 is 0.913 bits per heavy atom. The summed E-state index contributed by atoms with van der Waals surface area (Å²) in [6.07, 6.45) is 4.77. The highest BCUT2D eigenvalue weighted by atomic mass is 15.1. The largest absolute Gasteiger partial charge is 0.344 e. The van der Waals surface area contributed by atoms with Gasteiger partial charge in [0.1, 0.15) is 0 Å². The normalized spacial score (nSPS) is 16.9. The minimum absolute atomic E-state index is 0.639. The number of aromatic nitrogens is 1. The summed E-state index contributed by atoms with van der Waals surface area (Å²) >= 11 is 0. The molecule has 118 valence electrons. The van der Waals surface area contributed by atoms with Crippen LogP contribution in [0.25, 0.3) is 10.9 Å². The monoisotopic (exact) mass is 304 g/mol. The number of likely N-dealkylation sites (tertiary alicyclic amines) is 1. The molecular weight excluding hydrogens is 280 g/mol. The lowest BCUT2D eigenvalue weighted by atomic mass is 10.0. The van der Waals surface area contributed by atoms with Gasteiger partial charge in [0.15, 0.2) is 0 Å². The van der Waals surface area contributed by atoms with E-state index < -0.39 is 0 Å². The minimum atomic E-state index is 0.639. The van der Waals surface area contributed by atoms with Crippen molar-refractivity contribution in [2.75, 3.05) is 13.1 Å². The van der Waals surface area contributed by atoms with E-state index in [1.54, 1.807) is 0 Å². The van der Waals surface area contributed by atoms with Crippen LogP contribution in [0.4, 0.5) is 0 Å². The molecule has 2 heterocycles. The first-order valence-corrected chi connectivity index (χ1v) is 8.64. The third-order valence-electron chi connectivity index (χ3n) is 5.14. The highest BCUT2D eigenvalue weighted by Gasteiger charge is 2.21. The maximum atomic E-state index is 2.59. The van der Waals surface area contributed by atoms with Crippen LogP contribution in [0, 0.1) is 6.92 Å². The number of aryl methyl sites for hydroxylation is 1. The van der Waals surface area contributed by atoms with E-state index in [1.807, 2.05) is 0 Å². The molecule has 2 nitrogen and oxygen atoms in total. The molecule has 0 unspecified atom stereocenters. The zero-order valence-corrected chi connectivity index (χ0v) is 13.8. The Morgan fingerprint density at radius 3 is 2.48 bits per heavy atom. The van der Waals surface area contributed by atoms with Crippen LogP contribution >= 0.6 is 0 Å². The van der Waals surface area contributed by atoms with Gasteiger partial charge in [-0.1, -0.05) is 48.5 Å². The van der Waals surface area contributed by atoms with Gasteiger partial charge in [-0.3, -0.25) is 4.90 Å². The molecule has 1 aromatic heterocycles. The Bertz CT molecular complexity index is 780. The third kappa shape index (κ3) is 2.91. The third-order valence-corrected chi connectivity index (χ3v) is 5.14. The highest BCUT2D eigenvalue weighted by molar-refractivity contribution is 5.83. The molecule has 2 heteroatoms. The molecule has 4 rings (SSSR count). The fraction of sp³-hybridized carbons (Fsp3) is 0.333. The van der Waals surface area contributed by atoms with Crippen molar-refractivity contribution in [2.45, 2.75) is 32.4 Å². The van der Waals surface area contributed by atoms with Crippen LogP contribution in [0.1, 0.15) is 30.0 Å². The number of nitrogens with zero attached hydrogens (tertiary/aromatic N) is 2. The molecular formula is C21H24N2. The maximum absolute atomic E-state index is 2.59. The van der Waals surface area contributed by atoms with Crippen LogP contribution in [0.2, 0.25) is 0 Å². The minimum Gasteiger partial charge on any atom is -0.344 e. The quantitative estimate of drug-likeness (QED) is 0.675. The molecule has 23 heavy (non-hydrogen) atoms. The molecule has 3 aromatic rings. The first-order chi connectivity index (χ1) is 11.3. The smallest absolute Gasteiger partial charge is 0.0512 e. The van der Waals surface area contributed by atoms with Crippen molar-refractivity contribution in [1.82, 2.24) is 9.47 Å². The Morgan fingerprint density at radius 2 is 1.70 bits per heavy atom. The summed E-state index contributed by atoms with van der Waals surface area (Å²) in [5.41, 5.74) is 4.24. The van der Waals surface area contributed by atoms with Gasteiger partial charge in [0.05, 0.1) is 5.52 Å². The lowest BCUT2D eigenvalue weighted by molar-refractivity contribution is 0.181. The van der Waals surface area contributed by atoms with Crippen LogP contribution in [0.3, 0.4) is 0 Å². The molecule has 0 saturated carbocycles. The van der Waals surface area contributed by atoms with Crippen molar-refractivity contribution in [3.8, 4) is 0 Å². The molecule has 0 aliphatic carbocycles. The zero-order valence-electron chi connectivity index (χ0n) is 13.8. The van der Waals surface area contributed by atoms with E-state index >= 15 is 0 Å². The second-order valence-corrected chi connectivity index (χ2v) is 6.73. The van der Waals surface area contributed by atoms with E-state index in [9.17, 15) is 0 Å². The molecule has 0 spiro atoms. The second kappa shape index (κ2) is 6.21. The molecule has 0 atom stereocenters. The Balaban J connectivity index is 1.47. The van der Waals surface area contributed by atoms with Gasteiger partial charge in [-0.2, -0.15) is 0 Å². The summed E-state index contributed by atoms with van der Waals surface area (Å²) in [4.78, 5) is 2.59. The van der Waals surface area contributed by atoms with Crippen LogP contribution in [-0.2, 0) is 6.54 Å². The second-order valence-electron chi connectivity index (χ2n) is 6.73. The van der Waals surface area contributed by atoms with Crippen LogP contribution in [-0.4, -0.2) is 22.6 Å². The van der Waals surface area contributed by atoms with E-state index in [0.29, 0.717) is 6.04 Å². The average Bonchev–Trinajstić information content (AvgIpc) is 3.02. The molecule has 0 bridgehead atoms. The van der Waals surface area contributed by atoms with Crippen molar-refractivity contribution in [3.63, 3.8) is 0 Å². The number of fused-ring (bicyclic) bond motifs is 1. The Hall–Kier alpha value is -2.06. The summed E-state index contributed by atoms with van der Waals surface area (Å²) in [7, 11) is 0. The van der Waals surface area contributed by atoms with Gasteiger partial charge in [0, 0.05) is 31.9 Å². The predicted molar refractivity (Wildman–Crippen MR) is 96.7 cm³/mol. The lowest BCUT2D eigenvalue weighted by Crippen LogP contribution is -2.34. The predicted octanol–water partition coefficient (Wildman–Crippen LogP) is 4.79. The van der Waals surface area contributed by atoms with E-state index in [1.165, 1.54) is 48.0 Å². The summed E-state index contributed by atoms with van der Waals surface area (Å²) in [5.74, 6) is 0. The number of rotatable bonds is 3. The SMILES string of the molecule is Cc1cccc2ccn(C3CCN(Cc4ccccc4)CC3)c12. The molecule has 1 fully saturated rings. The van der Waals surface area contributed by atoms with Gasteiger partial charge in [-0.15, -0.1) is 0 Å². The van der Waals surface area contributed by atoms with Gasteiger partial charge < -0.3 is 4.57 Å². The fourth-order valence-electron chi connectivity index (χ4n) is 3.91. The summed E-state index contributed by atoms with van der Waals surface area (Å²) < 4.78 is 2.52. The van der Waals surface area contributed by atoms with E-state index in [2.05, 4.69) is 77.2 Å². The first kappa shape index (κ1) is 14.5. The standard InChI is InChI=1S/C21H24N2/c1-17-6-5-9-19-10-15-23(21(17)19)20-11-13-22(14-12-20)16-18-7-3-2-4-8-18/h2-10,15,20H,11-14,16H2,1H3. The van der Waals surface area contributed by atoms with Crippen molar-refractivity contribution in [3.05, 3.63) is 71.9 Å². The molecule has 2 aromatic carbocycles. The number of para-hydroxylation sites is 1.